The summed E-state index contributed by atoms with van der Waals surface area (Å²) in [5.74, 6) is 2.99. The highest BCUT2D eigenvalue weighted by atomic mass is 16.2. The molecule has 1 aliphatic heterocycles. The minimum absolute atomic E-state index is 0.00206. The molecule has 2 heterocycles. The molecule has 1 aromatic heterocycles. The molecule has 3 aliphatic rings. The molecule has 2 fully saturated rings. The Hall–Kier alpha value is -2.37. The molecule has 1 N–H and O–H groups in total. The first-order valence-electron chi connectivity index (χ1n) is 10.1. The lowest BCUT2D eigenvalue weighted by atomic mass is 9.93. The molecule has 6 nitrogen and oxygen atoms in total. The molecule has 1 aromatic rings. The van der Waals surface area contributed by atoms with Gasteiger partial charge < -0.3 is 15.1 Å². The van der Waals surface area contributed by atoms with E-state index in [2.05, 4.69) is 27.4 Å². The maximum Gasteiger partial charge on any atom is 0.223 e. The van der Waals surface area contributed by atoms with Crippen molar-refractivity contribution in [2.75, 3.05) is 37.6 Å². The predicted octanol–water partition coefficient (Wildman–Crippen LogP) is 1.84. The third-order valence-electron chi connectivity index (χ3n) is 6.15. The number of piperazine rings is 1. The second-order valence-corrected chi connectivity index (χ2v) is 7.90. The summed E-state index contributed by atoms with van der Waals surface area (Å²) in [5, 5.41) is 3.04. The van der Waals surface area contributed by atoms with E-state index in [1.54, 1.807) is 6.20 Å². The Bertz CT molecular complexity index is 697. The lowest BCUT2D eigenvalue weighted by molar-refractivity contribution is -0.133. The van der Waals surface area contributed by atoms with Gasteiger partial charge in [-0.3, -0.25) is 9.59 Å². The number of anilines is 1. The van der Waals surface area contributed by atoms with Crippen molar-refractivity contribution in [1.29, 1.82) is 0 Å². The molecule has 144 valence electrons. The Balaban J connectivity index is 1.14. The van der Waals surface area contributed by atoms with Crippen molar-refractivity contribution in [3.8, 4) is 0 Å². The van der Waals surface area contributed by atoms with Crippen LogP contribution in [0.3, 0.4) is 0 Å². The third kappa shape index (κ3) is 4.31. The summed E-state index contributed by atoms with van der Waals surface area (Å²) < 4.78 is 0. The number of hydrogen-bond acceptors (Lipinski definition) is 4. The number of fused-ring (bicyclic) bond motifs is 2. The predicted molar refractivity (Wildman–Crippen MR) is 104 cm³/mol. The fourth-order valence-electron chi connectivity index (χ4n) is 4.57. The standard InChI is InChI=1S/C21H28N4O2/c26-20(23-15-18-14-16-4-5-17(18)13-16)6-7-21(27)25-11-9-24(10-12-25)19-3-1-2-8-22-19/h1-5,8,16-18H,6-7,9-15H2,(H,23,26)/t16-,17+,18+/m1/s1. The quantitative estimate of drug-likeness (QED) is 0.778. The maximum absolute atomic E-state index is 12.4. The van der Waals surface area contributed by atoms with E-state index in [0.717, 1.165) is 31.4 Å². The Morgan fingerprint density at radius 1 is 1.07 bits per heavy atom. The molecule has 2 amide bonds. The minimum Gasteiger partial charge on any atom is -0.356 e. The molecular weight excluding hydrogens is 340 g/mol. The lowest BCUT2D eigenvalue weighted by Crippen LogP contribution is -2.49. The van der Waals surface area contributed by atoms with Crippen molar-refractivity contribution < 1.29 is 9.59 Å². The highest BCUT2D eigenvalue weighted by molar-refractivity contribution is 5.83. The van der Waals surface area contributed by atoms with Gasteiger partial charge in [-0.1, -0.05) is 18.2 Å². The van der Waals surface area contributed by atoms with Crippen LogP contribution in [0, 0.1) is 17.8 Å². The van der Waals surface area contributed by atoms with Gasteiger partial charge in [0.15, 0.2) is 0 Å². The molecule has 27 heavy (non-hydrogen) atoms. The van der Waals surface area contributed by atoms with E-state index in [0.29, 0.717) is 31.3 Å². The monoisotopic (exact) mass is 368 g/mol. The molecule has 2 bridgehead atoms. The van der Waals surface area contributed by atoms with Crippen LogP contribution >= 0.6 is 0 Å². The molecule has 3 atom stereocenters. The second kappa shape index (κ2) is 8.11. The van der Waals surface area contributed by atoms with E-state index in [-0.39, 0.29) is 18.2 Å². The van der Waals surface area contributed by atoms with Crippen LogP contribution in [0.5, 0.6) is 0 Å². The fourth-order valence-corrected chi connectivity index (χ4v) is 4.57. The van der Waals surface area contributed by atoms with Gasteiger partial charge in [-0.15, -0.1) is 0 Å². The van der Waals surface area contributed by atoms with Crippen molar-refractivity contribution >= 4 is 17.6 Å². The van der Waals surface area contributed by atoms with E-state index in [4.69, 9.17) is 0 Å². The van der Waals surface area contributed by atoms with Crippen molar-refractivity contribution in [3.05, 3.63) is 36.5 Å². The van der Waals surface area contributed by atoms with Gasteiger partial charge in [0.25, 0.3) is 0 Å². The lowest BCUT2D eigenvalue weighted by Gasteiger charge is -2.35. The van der Waals surface area contributed by atoms with Crippen molar-refractivity contribution in [2.45, 2.75) is 25.7 Å². The number of rotatable bonds is 6. The van der Waals surface area contributed by atoms with Gasteiger partial charge in [0.1, 0.15) is 5.82 Å². The molecule has 1 saturated carbocycles. The van der Waals surface area contributed by atoms with Crippen LogP contribution in [0.25, 0.3) is 0 Å². The van der Waals surface area contributed by atoms with Gasteiger partial charge in [-0.05, 0) is 42.7 Å². The Morgan fingerprint density at radius 3 is 2.59 bits per heavy atom. The highest BCUT2D eigenvalue weighted by Crippen LogP contribution is 2.42. The number of pyridine rings is 1. The van der Waals surface area contributed by atoms with E-state index in [1.807, 2.05) is 23.1 Å². The topological polar surface area (TPSA) is 65.5 Å². The summed E-state index contributed by atoms with van der Waals surface area (Å²) in [6.07, 6.45) is 9.44. The van der Waals surface area contributed by atoms with Crippen molar-refractivity contribution in [1.82, 2.24) is 15.2 Å². The van der Waals surface area contributed by atoms with Gasteiger partial charge in [-0.25, -0.2) is 4.98 Å². The summed E-state index contributed by atoms with van der Waals surface area (Å²) in [5.41, 5.74) is 0. The van der Waals surface area contributed by atoms with Crippen LogP contribution in [-0.4, -0.2) is 54.4 Å². The minimum atomic E-state index is 0.00206. The molecule has 0 unspecified atom stereocenters. The van der Waals surface area contributed by atoms with Crippen molar-refractivity contribution in [3.63, 3.8) is 0 Å². The zero-order valence-electron chi connectivity index (χ0n) is 15.7. The number of hydrogen-bond donors (Lipinski definition) is 1. The van der Waals surface area contributed by atoms with Crippen LogP contribution in [0.4, 0.5) is 5.82 Å². The van der Waals surface area contributed by atoms with Crippen LogP contribution in [0.2, 0.25) is 0 Å². The number of aromatic nitrogens is 1. The molecule has 0 spiro atoms. The number of allylic oxidation sites excluding steroid dienone is 2. The van der Waals surface area contributed by atoms with Gasteiger partial charge >= 0.3 is 0 Å². The molecule has 2 aliphatic carbocycles. The van der Waals surface area contributed by atoms with Gasteiger partial charge in [0.2, 0.25) is 11.8 Å². The van der Waals surface area contributed by atoms with E-state index in [1.165, 1.54) is 12.8 Å². The Kier molecular flexibility index (Phi) is 5.41. The molecule has 0 aromatic carbocycles. The Labute approximate surface area is 160 Å². The third-order valence-corrected chi connectivity index (χ3v) is 6.15. The molecule has 0 radical (unpaired) electrons. The largest absolute Gasteiger partial charge is 0.356 e. The maximum atomic E-state index is 12.4. The average Bonchev–Trinajstić information content (AvgIpc) is 3.34. The number of nitrogens with zero attached hydrogens (tertiary/aromatic N) is 3. The number of amides is 2. The van der Waals surface area contributed by atoms with E-state index < -0.39 is 0 Å². The zero-order valence-corrected chi connectivity index (χ0v) is 15.7. The van der Waals surface area contributed by atoms with Gasteiger partial charge in [-0.2, -0.15) is 0 Å². The first-order chi connectivity index (χ1) is 13.2. The molecule has 1 saturated heterocycles. The first-order valence-corrected chi connectivity index (χ1v) is 10.1. The van der Waals surface area contributed by atoms with E-state index in [9.17, 15) is 9.59 Å². The summed E-state index contributed by atoms with van der Waals surface area (Å²) in [4.78, 5) is 33.0. The molecule has 4 rings (SSSR count). The average molecular weight is 368 g/mol. The van der Waals surface area contributed by atoms with Gasteiger partial charge in [0.05, 0.1) is 0 Å². The van der Waals surface area contributed by atoms with Gasteiger partial charge in [0, 0.05) is 51.8 Å². The summed E-state index contributed by atoms with van der Waals surface area (Å²) in [6, 6.07) is 5.88. The SMILES string of the molecule is O=C(CCC(=O)N1CCN(c2ccccn2)CC1)NC[C@@H]1C[C@@H]2C=C[C@H]1C2. The van der Waals surface area contributed by atoms with Crippen molar-refractivity contribution in [2.24, 2.45) is 17.8 Å². The fraction of sp³-hybridized carbons (Fsp3) is 0.571. The summed E-state index contributed by atoms with van der Waals surface area (Å²) in [6.45, 7) is 3.70. The summed E-state index contributed by atoms with van der Waals surface area (Å²) >= 11 is 0. The summed E-state index contributed by atoms with van der Waals surface area (Å²) in [7, 11) is 0. The molecule has 6 heteroatoms. The number of carbonyl (C=O) groups excluding carboxylic acids is 2. The Morgan fingerprint density at radius 2 is 1.93 bits per heavy atom. The molecular formula is C21H28N4O2. The van der Waals surface area contributed by atoms with Crippen LogP contribution in [0.1, 0.15) is 25.7 Å². The number of nitrogens with one attached hydrogen (secondary N) is 1. The first kappa shape index (κ1) is 18.0. The number of carbonyl (C=O) groups is 2. The highest BCUT2D eigenvalue weighted by Gasteiger charge is 2.35. The normalized spacial score (nSPS) is 26.4. The second-order valence-electron chi connectivity index (χ2n) is 7.90. The zero-order chi connectivity index (χ0) is 18.6. The van der Waals surface area contributed by atoms with Crippen LogP contribution < -0.4 is 10.2 Å². The van der Waals surface area contributed by atoms with E-state index >= 15 is 0 Å². The van der Waals surface area contributed by atoms with Crippen LogP contribution in [-0.2, 0) is 9.59 Å². The van der Waals surface area contributed by atoms with Crippen LogP contribution in [0.15, 0.2) is 36.5 Å². The smallest absolute Gasteiger partial charge is 0.223 e.